The summed E-state index contributed by atoms with van der Waals surface area (Å²) in [6.07, 6.45) is 5.80. The van der Waals surface area contributed by atoms with E-state index in [-0.39, 0.29) is 12.1 Å². The van der Waals surface area contributed by atoms with Crippen LogP contribution in [-0.2, 0) is 0 Å². The van der Waals surface area contributed by atoms with Crippen LogP contribution in [0.2, 0.25) is 0 Å². The molecule has 1 aliphatic rings. The average molecular weight is 251 g/mol. The van der Waals surface area contributed by atoms with Crippen LogP contribution < -0.4 is 10.1 Å². The fourth-order valence-electron chi connectivity index (χ4n) is 2.39. The van der Waals surface area contributed by atoms with Crippen molar-refractivity contribution in [2.24, 2.45) is 5.92 Å². The molecule has 1 aliphatic carbocycles. The molecule has 5 nitrogen and oxygen atoms in total. The molecule has 1 aromatic heterocycles. The average Bonchev–Trinajstić information content (AvgIpc) is 2.42. The van der Waals surface area contributed by atoms with E-state index in [0.717, 1.165) is 31.6 Å². The Morgan fingerprint density at radius 3 is 2.83 bits per heavy atom. The largest absolute Gasteiger partial charge is 0.481 e. The first-order valence-electron chi connectivity index (χ1n) is 6.43. The quantitative estimate of drug-likeness (QED) is 0.854. The normalized spacial score (nSPS) is 27.8. The lowest BCUT2D eigenvalue weighted by Crippen LogP contribution is -2.45. The first-order valence-corrected chi connectivity index (χ1v) is 6.43. The van der Waals surface area contributed by atoms with Gasteiger partial charge in [-0.3, -0.25) is 0 Å². The van der Waals surface area contributed by atoms with Crippen LogP contribution in [0.5, 0.6) is 5.88 Å². The van der Waals surface area contributed by atoms with Crippen LogP contribution in [0.1, 0.15) is 32.6 Å². The Balaban J connectivity index is 2.09. The van der Waals surface area contributed by atoms with E-state index in [9.17, 15) is 5.11 Å². The molecule has 18 heavy (non-hydrogen) atoms. The van der Waals surface area contributed by atoms with Gasteiger partial charge in [-0.25, -0.2) is 4.98 Å². The van der Waals surface area contributed by atoms with E-state index >= 15 is 0 Å². The van der Waals surface area contributed by atoms with Crippen LogP contribution in [0.4, 0.5) is 5.95 Å². The SMILES string of the molecule is COc1ccnc(NC2(CO)CCC(C)CC2)n1. The van der Waals surface area contributed by atoms with Crippen molar-refractivity contribution in [2.45, 2.75) is 38.1 Å². The van der Waals surface area contributed by atoms with Gasteiger partial charge in [0.15, 0.2) is 0 Å². The van der Waals surface area contributed by atoms with Gasteiger partial charge in [-0.15, -0.1) is 0 Å². The smallest absolute Gasteiger partial charge is 0.226 e. The zero-order valence-electron chi connectivity index (χ0n) is 11.0. The summed E-state index contributed by atoms with van der Waals surface area (Å²) in [6, 6.07) is 1.71. The zero-order valence-corrected chi connectivity index (χ0v) is 11.0. The van der Waals surface area contributed by atoms with Gasteiger partial charge in [0, 0.05) is 12.3 Å². The third kappa shape index (κ3) is 2.90. The molecule has 0 atom stereocenters. The third-order valence-corrected chi connectivity index (χ3v) is 3.75. The molecule has 100 valence electrons. The minimum absolute atomic E-state index is 0.111. The van der Waals surface area contributed by atoms with Crippen LogP contribution in [0.25, 0.3) is 0 Å². The van der Waals surface area contributed by atoms with Crippen molar-refractivity contribution in [3.63, 3.8) is 0 Å². The van der Waals surface area contributed by atoms with Crippen molar-refractivity contribution in [2.75, 3.05) is 19.0 Å². The molecule has 1 saturated carbocycles. The van der Waals surface area contributed by atoms with Crippen LogP contribution >= 0.6 is 0 Å². The summed E-state index contributed by atoms with van der Waals surface area (Å²) in [4.78, 5) is 8.42. The number of aliphatic hydroxyl groups is 1. The van der Waals surface area contributed by atoms with E-state index in [2.05, 4.69) is 22.2 Å². The summed E-state index contributed by atoms with van der Waals surface area (Å²) in [6.45, 7) is 2.36. The number of aliphatic hydroxyl groups excluding tert-OH is 1. The van der Waals surface area contributed by atoms with Crippen molar-refractivity contribution in [3.8, 4) is 5.88 Å². The second-order valence-electron chi connectivity index (χ2n) is 5.17. The summed E-state index contributed by atoms with van der Waals surface area (Å²) >= 11 is 0. The van der Waals surface area contributed by atoms with Gasteiger partial charge in [0.1, 0.15) is 0 Å². The molecular weight excluding hydrogens is 230 g/mol. The standard InChI is InChI=1S/C13H21N3O2/c1-10-3-6-13(9-17,7-4-10)16-12-14-8-5-11(15-12)18-2/h5,8,10,17H,3-4,6-7,9H2,1-2H3,(H,14,15,16). The molecule has 1 aromatic rings. The summed E-state index contributed by atoms with van der Waals surface area (Å²) < 4.78 is 5.07. The molecule has 2 N–H and O–H groups in total. The van der Waals surface area contributed by atoms with E-state index in [1.54, 1.807) is 19.4 Å². The number of hydrogen-bond donors (Lipinski definition) is 2. The third-order valence-electron chi connectivity index (χ3n) is 3.75. The fourth-order valence-corrected chi connectivity index (χ4v) is 2.39. The number of hydrogen-bond acceptors (Lipinski definition) is 5. The Hall–Kier alpha value is -1.36. The molecule has 0 spiro atoms. The van der Waals surface area contributed by atoms with Crippen molar-refractivity contribution >= 4 is 5.95 Å². The molecule has 0 amide bonds. The lowest BCUT2D eigenvalue weighted by Gasteiger charge is -2.38. The maximum Gasteiger partial charge on any atom is 0.226 e. The topological polar surface area (TPSA) is 67.3 Å². The van der Waals surface area contributed by atoms with Gasteiger partial charge >= 0.3 is 0 Å². The molecule has 0 aliphatic heterocycles. The first-order chi connectivity index (χ1) is 8.67. The number of nitrogens with zero attached hydrogens (tertiary/aromatic N) is 2. The lowest BCUT2D eigenvalue weighted by atomic mass is 9.77. The second-order valence-corrected chi connectivity index (χ2v) is 5.17. The van der Waals surface area contributed by atoms with Crippen LogP contribution in [-0.4, -0.2) is 34.3 Å². The van der Waals surface area contributed by atoms with Crippen LogP contribution in [0.15, 0.2) is 12.3 Å². The van der Waals surface area contributed by atoms with E-state index in [1.807, 2.05) is 0 Å². The Bertz CT molecular complexity index is 390. The summed E-state index contributed by atoms with van der Waals surface area (Å²) in [7, 11) is 1.58. The van der Waals surface area contributed by atoms with Gasteiger partial charge in [0.2, 0.25) is 11.8 Å². The van der Waals surface area contributed by atoms with Gasteiger partial charge in [-0.1, -0.05) is 6.92 Å². The number of aromatic nitrogens is 2. The first kappa shape index (κ1) is 13.1. The summed E-state index contributed by atoms with van der Waals surface area (Å²) in [5, 5.41) is 13.0. The predicted molar refractivity (Wildman–Crippen MR) is 69.7 cm³/mol. The number of methoxy groups -OCH3 is 1. The van der Waals surface area contributed by atoms with Gasteiger partial charge in [0.05, 0.1) is 19.3 Å². The van der Waals surface area contributed by atoms with E-state index < -0.39 is 0 Å². The van der Waals surface area contributed by atoms with Gasteiger partial charge in [0.25, 0.3) is 0 Å². The van der Waals surface area contributed by atoms with Gasteiger partial charge < -0.3 is 15.2 Å². The number of rotatable bonds is 4. The summed E-state index contributed by atoms with van der Waals surface area (Å²) in [5.74, 6) is 1.79. The Morgan fingerprint density at radius 1 is 1.50 bits per heavy atom. The molecule has 0 aromatic carbocycles. The monoisotopic (exact) mass is 251 g/mol. The molecule has 1 heterocycles. The number of nitrogens with one attached hydrogen (secondary N) is 1. The Kier molecular flexibility index (Phi) is 4.01. The predicted octanol–water partition coefficient (Wildman–Crippen LogP) is 1.84. The highest BCUT2D eigenvalue weighted by Crippen LogP contribution is 2.33. The van der Waals surface area contributed by atoms with Crippen molar-refractivity contribution in [1.29, 1.82) is 0 Å². The van der Waals surface area contributed by atoms with E-state index in [0.29, 0.717) is 11.8 Å². The van der Waals surface area contributed by atoms with Gasteiger partial charge in [-0.2, -0.15) is 4.98 Å². The number of anilines is 1. The zero-order chi connectivity index (χ0) is 13.0. The van der Waals surface area contributed by atoms with Crippen molar-refractivity contribution in [1.82, 2.24) is 9.97 Å². The minimum Gasteiger partial charge on any atom is -0.481 e. The molecule has 1 fully saturated rings. The maximum absolute atomic E-state index is 9.67. The molecular formula is C13H21N3O2. The van der Waals surface area contributed by atoms with Gasteiger partial charge in [-0.05, 0) is 31.6 Å². The van der Waals surface area contributed by atoms with Crippen LogP contribution in [0.3, 0.4) is 0 Å². The Morgan fingerprint density at radius 2 is 2.22 bits per heavy atom. The van der Waals surface area contributed by atoms with Crippen LogP contribution in [0, 0.1) is 5.92 Å². The van der Waals surface area contributed by atoms with Crippen molar-refractivity contribution in [3.05, 3.63) is 12.3 Å². The highest BCUT2D eigenvalue weighted by molar-refractivity contribution is 5.32. The molecule has 0 unspecified atom stereocenters. The molecule has 2 rings (SSSR count). The van der Waals surface area contributed by atoms with Crippen molar-refractivity contribution < 1.29 is 9.84 Å². The fraction of sp³-hybridized carbons (Fsp3) is 0.692. The Labute approximate surface area is 108 Å². The lowest BCUT2D eigenvalue weighted by molar-refractivity contribution is 0.154. The maximum atomic E-state index is 9.67. The van der Waals surface area contributed by atoms with E-state index in [4.69, 9.17) is 4.74 Å². The highest BCUT2D eigenvalue weighted by Gasteiger charge is 2.34. The molecule has 5 heteroatoms. The summed E-state index contributed by atoms with van der Waals surface area (Å²) in [5.41, 5.74) is -0.279. The number of ether oxygens (including phenoxy) is 1. The molecule has 0 radical (unpaired) electrons. The molecule has 0 saturated heterocycles. The van der Waals surface area contributed by atoms with E-state index in [1.165, 1.54) is 0 Å². The molecule has 0 bridgehead atoms. The highest BCUT2D eigenvalue weighted by atomic mass is 16.5. The minimum atomic E-state index is -0.279. The second kappa shape index (κ2) is 5.52.